The van der Waals surface area contributed by atoms with Gasteiger partial charge in [0.25, 0.3) is 0 Å². The quantitative estimate of drug-likeness (QED) is 0.813. The molecule has 2 aromatic heterocycles. The number of carboxylic acids is 2. The maximum Gasteiger partial charge on any atom is 0.356 e. The molecular weight excluding hydrogens is 299 g/mol. The van der Waals surface area contributed by atoms with E-state index in [1.54, 1.807) is 0 Å². The van der Waals surface area contributed by atoms with Crippen LogP contribution in [0, 0.1) is 0 Å². The smallest absolute Gasteiger partial charge is 0.356 e. The minimum atomic E-state index is -1.05. The van der Waals surface area contributed by atoms with E-state index < -0.39 is 11.9 Å². The molecule has 0 saturated carbocycles. The molecule has 1 radical (unpaired) electrons. The molecule has 0 atom stereocenters. The third-order valence-corrected chi connectivity index (χ3v) is 1.56. The van der Waals surface area contributed by atoms with Crippen LogP contribution in [0.3, 0.4) is 0 Å². The number of carboxylic acid groups (broad SMARTS) is 2. The van der Waals surface area contributed by atoms with E-state index in [-0.39, 0.29) is 28.2 Å². The van der Waals surface area contributed by atoms with Crippen molar-refractivity contribution in [1.29, 1.82) is 0 Å². The van der Waals surface area contributed by atoms with Crippen LogP contribution in [0.4, 0.5) is 0 Å². The summed E-state index contributed by atoms with van der Waals surface area (Å²) in [5.41, 5.74) is -0.0602. The predicted octanol–water partition coefficient (Wildman–Crippen LogP) is 0.347. The van der Waals surface area contributed by atoms with Crippen LogP contribution >= 0.6 is 0 Å². The van der Waals surface area contributed by atoms with Crippen molar-refractivity contribution in [1.82, 2.24) is 19.9 Å². The normalized spacial score (nSPS) is 8.42. The first-order valence-electron chi connectivity index (χ1n) is 4.60. The molecule has 0 spiro atoms. The molecule has 8 nitrogen and oxygen atoms in total. The van der Waals surface area contributed by atoms with Gasteiger partial charge in [0.1, 0.15) is 0 Å². The van der Waals surface area contributed by atoms with E-state index in [2.05, 4.69) is 19.9 Å². The Hall–Kier alpha value is -2.39. The van der Waals surface area contributed by atoms with Gasteiger partial charge < -0.3 is 10.2 Å². The molecule has 101 valence electrons. The Labute approximate surface area is 117 Å². The molecule has 0 aromatic carbocycles. The maximum atomic E-state index is 10.1. The summed E-state index contributed by atoms with van der Waals surface area (Å²) in [6, 6.07) is 0. The van der Waals surface area contributed by atoms with Crippen LogP contribution in [-0.4, -0.2) is 42.1 Å². The van der Waals surface area contributed by atoms with Gasteiger partial charge >= 0.3 is 11.9 Å². The summed E-state index contributed by atoms with van der Waals surface area (Å²) in [5.74, 6) is -2.11. The summed E-state index contributed by atoms with van der Waals surface area (Å²) in [5, 5.41) is 16.6. The van der Waals surface area contributed by atoms with Gasteiger partial charge in [0, 0.05) is 41.6 Å². The summed E-state index contributed by atoms with van der Waals surface area (Å²) in [7, 11) is 0. The summed E-state index contributed by atoms with van der Waals surface area (Å²) in [6.45, 7) is 0. The van der Waals surface area contributed by atoms with E-state index >= 15 is 0 Å². The number of hydrogen-bond acceptors (Lipinski definition) is 6. The fourth-order valence-corrected chi connectivity index (χ4v) is 0.819. The van der Waals surface area contributed by atoms with Crippen LogP contribution in [0.25, 0.3) is 0 Å². The predicted molar refractivity (Wildman–Crippen MR) is 58.0 cm³/mol. The Morgan fingerprint density at radius 1 is 0.789 bits per heavy atom. The summed E-state index contributed by atoms with van der Waals surface area (Å²) < 4.78 is 0. The van der Waals surface area contributed by atoms with E-state index in [1.165, 1.54) is 37.2 Å². The second-order valence-electron chi connectivity index (χ2n) is 2.79. The van der Waals surface area contributed by atoms with Gasteiger partial charge in [-0.2, -0.15) is 0 Å². The molecule has 2 aromatic rings. The molecule has 2 heterocycles. The number of hydrogen-bond donors (Lipinski definition) is 2. The van der Waals surface area contributed by atoms with Gasteiger partial charge in [-0.1, -0.05) is 0 Å². The number of carbonyl (C=O) groups is 2. The molecule has 0 saturated heterocycles. The van der Waals surface area contributed by atoms with E-state index in [4.69, 9.17) is 10.2 Å². The number of aromatic carboxylic acids is 2. The Morgan fingerprint density at radius 2 is 1.16 bits per heavy atom. The van der Waals surface area contributed by atoms with Crippen molar-refractivity contribution in [2.75, 3.05) is 0 Å². The molecule has 2 rings (SSSR count). The monoisotopic (exact) mass is 307 g/mol. The topological polar surface area (TPSA) is 126 Å². The molecule has 2 N–H and O–H groups in total. The fourth-order valence-electron chi connectivity index (χ4n) is 0.819. The number of rotatable bonds is 2. The average molecular weight is 307 g/mol. The molecule has 19 heavy (non-hydrogen) atoms. The zero-order valence-corrected chi connectivity index (χ0v) is 10.3. The second kappa shape index (κ2) is 8.66. The third kappa shape index (κ3) is 6.19. The minimum absolute atomic E-state index is 0. The molecule has 0 aliphatic rings. The van der Waals surface area contributed by atoms with Crippen molar-refractivity contribution in [3.8, 4) is 0 Å². The Kier molecular flexibility index (Phi) is 7.57. The summed E-state index contributed by atoms with van der Waals surface area (Å²) in [4.78, 5) is 34.4. The van der Waals surface area contributed by atoms with E-state index in [0.717, 1.165) is 0 Å². The molecule has 0 fully saturated rings. The fraction of sp³-hybridized carbons (Fsp3) is 0. The van der Waals surface area contributed by atoms with E-state index in [1.807, 2.05) is 0 Å². The zero-order chi connectivity index (χ0) is 13.4. The van der Waals surface area contributed by atoms with Gasteiger partial charge in [-0.15, -0.1) is 0 Å². The van der Waals surface area contributed by atoms with Crippen molar-refractivity contribution in [3.05, 3.63) is 48.6 Å². The van der Waals surface area contributed by atoms with Crippen LogP contribution in [-0.2, 0) is 16.8 Å². The van der Waals surface area contributed by atoms with Crippen molar-refractivity contribution in [2.45, 2.75) is 0 Å². The first-order chi connectivity index (χ1) is 8.61. The van der Waals surface area contributed by atoms with E-state index in [9.17, 15) is 9.59 Å². The van der Waals surface area contributed by atoms with Crippen LogP contribution in [0.2, 0.25) is 0 Å². The Morgan fingerprint density at radius 3 is 1.32 bits per heavy atom. The van der Waals surface area contributed by atoms with Gasteiger partial charge in [-0.05, 0) is 0 Å². The van der Waals surface area contributed by atoms with E-state index in [0.29, 0.717) is 0 Å². The zero-order valence-electron chi connectivity index (χ0n) is 9.30. The SMILES string of the molecule is O=C(O)c1cnccn1.O=C(O)c1cnccn1.[Co]. The molecular formula is C10H8CoN4O4. The standard InChI is InChI=1S/2C5H4N2O2.Co/c2*8-5(9)4-3-6-1-2-7-4;/h2*1-3H,(H,8,9);. The molecule has 0 unspecified atom stereocenters. The summed E-state index contributed by atoms with van der Waals surface area (Å²) in [6.07, 6.45) is 7.91. The van der Waals surface area contributed by atoms with Gasteiger partial charge in [-0.3, -0.25) is 9.97 Å². The van der Waals surface area contributed by atoms with Crippen molar-refractivity contribution >= 4 is 11.9 Å². The maximum absolute atomic E-state index is 10.1. The van der Waals surface area contributed by atoms with Crippen molar-refractivity contribution in [2.24, 2.45) is 0 Å². The van der Waals surface area contributed by atoms with Crippen molar-refractivity contribution < 1.29 is 36.6 Å². The molecule has 9 heteroatoms. The molecule has 0 aliphatic carbocycles. The molecule has 0 bridgehead atoms. The third-order valence-electron chi connectivity index (χ3n) is 1.56. The Balaban J connectivity index is 0.000000324. The molecule has 0 amide bonds. The molecule has 0 aliphatic heterocycles. The minimum Gasteiger partial charge on any atom is -0.476 e. The van der Waals surface area contributed by atoms with Crippen LogP contribution in [0.5, 0.6) is 0 Å². The second-order valence-corrected chi connectivity index (χ2v) is 2.79. The number of aromatic nitrogens is 4. The van der Waals surface area contributed by atoms with Gasteiger partial charge in [0.15, 0.2) is 11.4 Å². The van der Waals surface area contributed by atoms with Gasteiger partial charge in [0.2, 0.25) is 0 Å². The van der Waals surface area contributed by atoms with Crippen LogP contribution < -0.4 is 0 Å². The Bertz CT molecular complexity index is 474. The van der Waals surface area contributed by atoms with Crippen molar-refractivity contribution in [3.63, 3.8) is 0 Å². The first kappa shape index (κ1) is 16.6. The van der Waals surface area contributed by atoms with Gasteiger partial charge in [0.05, 0.1) is 12.4 Å². The first-order valence-corrected chi connectivity index (χ1v) is 4.60. The van der Waals surface area contributed by atoms with Crippen LogP contribution in [0.1, 0.15) is 21.0 Å². The van der Waals surface area contributed by atoms with Crippen LogP contribution in [0.15, 0.2) is 37.2 Å². The summed E-state index contributed by atoms with van der Waals surface area (Å²) >= 11 is 0. The largest absolute Gasteiger partial charge is 0.476 e. The number of nitrogens with zero attached hydrogens (tertiary/aromatic N) is 4. The average Bonchev–Trinajstić information content (AvgIpc) is 2.41. The van der Waals surface area contributed by atoms with Gasteiger partial charge in [-0.25, -0.2) is 19.6 Å².